The Morgan fingerprint density at radius 1 is 1.24 bits per heavy atom. The first-order chi connectivity index (χ1) is 11.8. The van der Waals surface area contributed by atoms with Crippen molar-refractivity contribution in [2.75, 3.05) is 13.1 Å². The van der Waals surface area contributed by atoms with Gasteiger partial charge in [0.05, 0.1) is 5.92 Å². The molecule has 3 rings (SSSR count). The second kappa shape index (κ2) is 6.19. The number of imide groups is 1. The number of carbonyl (C=O) groups excluding carboxylic acids is 3. The van der Waals surface area contributed by atoms with Crippen LogP contribution in [0.5, 0.6) is 0 Å². The number of hydrogen-bond acceptors (Lipinski definition) is 4. The number of piperidine rings is 1. The normalized spacial score (nSPS) is 26.1. The number of carboxylic acid groups (broad SMARTS) is 1. The molecule has 8 heteroatoms. The average molecular weight is 345 g/mol. The third kappa shape index (κ3) is 3.07. The van der Waals surface area contributed by atoms with E-state index in [1.165, 1.54) is 0 Å². The van der Waals surface area contributed by atoms with Crippen LogP contribution >= 0.6 is 0 Å². The number of aliphatic carboxylic acids is 1. The summed E-state index contributed by atoms with van der Waals surface area (Å²) in [4.78, 5) is 48.6. The van der Waals surface area contributed by atoms with Crippen molar-refractivity contribution >= 4 is 23.8 Å². The van der Waals surface area contributed by atoms with Crippen molar-refractivity contribution in [3.63, 3.8) is 0 Å². The smallest absolute Gasteiger partial charge is 0.322 e. The summed E-state index contributed by atoms with van der Waals surface area (Å²) in [6, 6.07) is 5.87. The van der Waals surface area contributed by atoms with Crippen molar-refractivity contribution in [1.82, 2.24) is 15.5 Å². The summed E-state index contributed by atoms with van der Waals surface area (Å²) in [6.45, 7) is 2.32. The van der Waals surface area contributed by atoms with Crippen LogP contribution in [0.4, 0.5) is 4.79 Å². The van der Waals surface area contributed by atoms with Crippen molar-refractivity contribution < 1.29 is 24.3 Å². The molecular formula is C17H19N3O5. The Labute approximate surface area is 144 Å². The first-order valence-electron chi connectivity index (χ1n) is 8.07. The zero-order valence-electron chi connectivity index (χ0n) is 13.7. The highest BCUT2D eigenvalue weighted by atomic mass is 16.4. The van der Waals surface area contributed by atoms with Crippen molar-refractivity contribution in [2.45, 2.75) is 25.3 Å². The molecule has 0 aromatic heterocycles. The van der Waals surface area contributed by atoms with Gasteiger partial charge in [0, 0.05) is 18.7 Å². The predicted molar refractivity (Wildman–Crippen MR) is 86.7 cm³/mol. The Hall–Kier alpha value is -2.90. The Morgan fingerprint density at radius 3 is 2.48 bits per heavy atom. The molecule has 0 radical (unpaired) electrons. The van der Waals surface area contributed by atoms with E-state index in [9.17, 15) is 19.2 Å². The van der Waals surface area contributed by atoms with Gasteiger partial charge in [0.25, 0.3) is 11.8 Å². The van der Waals surface area contributed by atoms with Gasteiger partial charge in [-0.2, -0.15) is 0 Å². The Bertz CT molecular complexity index is 745. The maximum atomic E-state index is 12.6. The maximum absolute atomic E-state index is 12.6. The van der Waals surface area contributed by atoms with Gasteiger partial charge in [-0.25, -0.2) is 4.79 Å². The van der Waals surface area contributed by atoms with Crippen LogP contribution in [0.3, 0.4) is 0 Å². The summed E-state index contributed by atoms with van der Waals surface area (Å²) in [7, 11) is 0. The van der Waals surface area contributed by atoms with Crippen LogP contribution in [0.2, 0.25) is 0 Å². The molecule has 2 aliphatic heterocycles. The van der Waals surface area contributed by atoms with Gasteiger partial charge in [-0.3, -0.25) is 19.7 Å². The van der Waals surface area contributed by atoms with E-state index in [4.69, 9.17) is 5.11 Å². The Morgan fingerprint density at radius 2 is 1.92 bits per heavy atom. The number of likely N-dealkylation sites (tertiary alicyclic amines) is 1. The summed E-state index contributed by atoms with van der Waals surface area (Å²) in [5.41, 5.74) is -0.185. The molecule has 2 aliphatic rings. The second-order valence-corrected chi connectivity index (χ2v) is 6.54. The van der Waals surface area contributed by atoms with E-state index in [0.717, 1.165) is 0 Å². The fourth-order valence-electron chi connectivity index (χ4n) is 3.24. The molecule has 1 aromatic rings. The van der Waals surface area contributed by atoms with Gasteiger partial charge >= 0.3 is 12.0 Å². The van der Waals surface area contributed by atoms with Crippen molar-refractivity contribution in [3.05, 3.63) is 35.4 Å². The van der Waals surface area contributed by atoms with Crippen LogP contribution in [0.15, 0.2) is 24.3 Å². The van der Waals surface area contributed by atoms with E-state index in [1.54, 1.807) is 36.1 Å². The summed E-state index contributed by atoms with van der Waals surface area (Å²) in [5, 5.41) is 13.9. The molecule has 3 N–H and O–H groups in total. The van der Waals surface area contributed by atoms with E-state index in [-0.39, 0.29) is 12.5 Å². The standard InChI is InChI=1S/C17H19N3O5/c1-17(15(24)18-16(25)19-17)12-6-4-10(5-7-12)13(21)20-8-2-3-11(9-20)14(22)23/h4-7,11H,2-3,8-9H2,1H3,(H,22,23)(H2,18,19,24,25)/t11-,17+/m0/s1. The molecule has 0 unspecified atom stereocenters. The molecule has 2 fully saturated rings. The lowest BCUT2D eigenvalue weighted by molar-refractivity contribution is -0.143. The number of nitrogens with one attached hydrogen (secondary N) is 2. The summed E-state index contributed by atoms with van der Waals surface area (Å²) in [6.07, 6.45) is 1.23. The van der Waals surface area contributed by atoms with Crippen molar-refractivity contribution in [2.24, 2.45) is 5.92 Å². The highest BCUT2D eigenvalue weighted by Gasteiger charge is 2.43. The number of nitrogens with zero attached hydrogens (tertiary/aromatic N) is 1. The van der Waals surface area contributed by atoms with Crippen molar-refractivity contribution in [3.8, 4) is 0 Å². The van der Waals surface area contributed by atoms with Gasteiger partial charge in [-0.15, -0.1) is 0 Å². The predicted octanol–water partition coefficient (Wildman–Crippen LogP) is 0.678. The molecule has 132 valence electrons. The first kappa shape index (κ1) is 16.9. The molecule has 2 atom stereocenters. The van der Waals surface area contributed by atoms with E-state index >= 15 is 0 Å². The van der Waals surface area contributed by atoms with Gasteiger partial charge in [-0.1, -0.05) is 12.1 Å². The van der Waals surface area contributed by atoms with Crippen LogP contribution in [-0.2, 0) is 15.1 Å². The summed E-state index contributed by atoms with van der Waals surface area (Å²) < 4.78 is 0. The van der Waals surface area contributed by atoms with Crippen LogP contribution in [0.25, 0.3) is 0 Å². The fraction of sp³-hybridized carbons (Fsp3) is 0.412. The van der Waals surface area contributed by atoms with E-state index < -0.39 is 29.4 Å². The zero-order chi connectivity index (χ0) is 18.2. The summed E-state index contributed by atoms with van der Waals surface area (Å²) in [5.74, 6) is -2.10. The number of carboxylic acids is 1. The highest BCUT2D eigenvalue weighted by molar-refractivity contribution is 6.07. The summed E-state index contributed by atoms with van der Waals surface area (Å²) >= 11 is 0. The molecule has 25 heavy (non-hydrogen) atoms. The third-order valence-corrected chi connectivity index (χ3v) is 4.81. The maximum Gasteiger partial charge on any atom is 0.322 e. The van der Waals surface area contributed by atoms with Crippen LogP contribution in [0.1, 0.15) is 35.7 Å². The van der Waals surface area contributed by atoms with Crippen LogP contribution in [-0.4, -0.2) is 46.9 Å². The molecule has 0 aliphatic carbocycles. The largest absolute Gasteiger partial charge is 0.481 e. The van der Waals surface area contributed by atoms with Gasteiger partial charge in [0.2, 0.25) is 0 Å². The Balaban J connectivity index is 1.76. The SMILES string of the molecule is C[C@]1(c2ccc(C(=O)N3CCC[C@H](C(=O)O)C3)cc2)NC(=O)NC1=O. The van der Waals surface area contributed by atoms with Gasteiger partial charge in [-0.05, 0) is 37.5 Å². The molecule has 2 heterocycles. The minimum Gasteiger partial charge on any atom is -0.481 e. The highest BCUT2D eigenvalue weighted by Crippen LogP contribution is 2.25. The third-order valence-electron chi connectivity index (χ3n) is 4.81. The molecule has 2 saturated heterocycles. The molecular weight excluding hydrogens is 326 g/mol. The minimum atomic E-state index is -1.17. The number of amides is 4. The zero-order valence-corrected chi connectivity index (χ0v) is 13.7. The fourth-order valence-corrected chi connectivity index (χ4v) is 3.24. The lowest BCUT2D eigenvalue weighted by Gasteiger charge is -2.31. The molecule has 1 aromatic carbocycles. The topological polar surface area (TPSA) is 116 Å². The first-order valence-corrected chi connectivity index (χ1v) is 8.07. The van der Waals surface area contributed by atoms with Crippen LogP contribution < -0.4 is 10.6 Å². The van der Waals surface area contributed by atoms with Gasteiger partial charge in [0.1, 0.15) is 5.54 Å². The number of hydrogen-bond donors (Lipinski definition) is 3. The molecule has 0 saturated carbocycles. The van der Waals surface area contributed by atoms with E-state index in [1.807, 2.05) is 0 Å². The van der Waals surface area contributed by atoms with Crippen molar-refractivity contribution in [1.29, 1.82) is 0 Å². The molecule has 8 nitrogen and oxygen atoms in total. The Kier molecular flexibility index (Phi) is 4.20. The number of rotatable bonds is 3. The van der Waals surface area contributed by atoms with E-state index in [2.05, 4.69) is 10.6 Å². The molecule has 0 spiro atoms. The average Bonchev–Trinajstić information content (AvgIpc) is 2.87. The van der Waals surface area contributed by atoms with Gasteiger partial charge in [0.15, 0.2) is 0 Å². The quantitative estimate of drug-likeness (QED) is 0.697. The lowest BCUT2D eigenvalue weighted by atomic mass is 9.91. The molecule has 0 bridgehead atoms. The lowest BCUT2D eigenvalue weighted by Crippen LogP contribution is -2.42. The monoisotopic (exact) mass is 345 g/mol. The van der Waals surface area contributed by atoms with E-state index in [0.29, 0.717) is 30.5 Å². The second-order valence-electron chi connectivity index (χ2n) is 6.54. The molecule has 4 amide bonds. The number of benzene rings is 1. The number of urea groups is 1. The minimum absolute atomic E-state index is 0.200. The number of carbonyl (C=O) groups is 4. The van der Waals surface area contributed by atoms with Crippen LogP contribution in [0, 0.1) is 5.92 Å². The van der Waals surface area contributed by atoms with Gasteiger partial charge < -0.3 is 15.3 Å².